The molecule has 0 aromatic heterocycles. The predicted molar refractivity (Wildman–Crippen MR) is 163 cm³/mol. The second-order valence-electron chi connectivity index (χ2n) is 11.5. The first-order valence-corrected chi connectivity index (χ1v) is 15.9. The molecule has 1 saturated heterocycles. The summed E-state index contributed by atoms with van der Waals surface area (Å²) < 4.78 is 17.3. The van der Waals surface area contributed by atoms with Gasteiger partial charge in [-0.2, -0.15) is 0 Å². The zero-order chi connectivity index (χ0) is 32.9. The Kier molecular flexibility index (Phi) is 11.2. The van der Waals surface area contributed by atoms with Crippen molar-refractivity contribution >= 4 is 59.5 Å². The fraction of sp³-hybridized carbons (Fsp3) is 0.586. The standard InChI is InChI=1S/C29H39N3O10S2/c1-16(2)41-25(37)30-19(21(33)39-6)14-43-28-13-18(17-11-9-8-10-12-17)29(28,24(36)32-23(28)35)44-15-20(22(34)40-7)31-26(38)42-27(3,4)5/h8-12,16,18-20H,13-15H2,1-7H3,(H,30,37)(H,31,38)(H,32,35,36)/t18-,19+,20+,28+,29-/m1/s1. The Bertz CT molecular complexity index is 1270. The maximum absolute atomic E-state index is 13.8. The lowest BCUT2D eigenvalue weighted by atomic mass is 9.61. The summed E-state index contributed by atoms with van der Waals surface area (Å²) in [4.78, 5) is 77.5. The van der Waals surface area contributed by atoms with Crippen LogP contribution in [0.4, 0.5) is 9.59 Å². The van der Waals surface area contributed by atoms with Crippen LogP contribution in [0.3, 0.4) is 0 Å². The Hall–Kier alpha value is -3.46. The number of thioether (sulfide) groups is 2. The van der Waals surface area contributed by atoms with E-state index in [1.54, 1.807) is 34.6 Å². The van der Waals surface area contributed by atoms with Crippen molar-refractivity contribution in [3.8, 4) is 0 Å². The van der Waals surface area contributed by atoms with Gasteiger partial charge in [0, 0.05) is 17.4 Å². The molecule has 0 radical (unpaired) electrons. The highest BCUT2D eigenvalue weighted by molar-refractivity contribution is 8.06. The van der Waals surface area contributed by atoms with Gasteiger partial charge in [0.2, 0.25) is 11.8 Å². The molecule has 1 aromatic rings. The molecular formula is C29H39N3O10S2. The number of amides is 4. The van der Waals surface area contributed by atoms with Crippen molar-refractivity contribution in [2.75, 3.05) is 25.7 Å². The highest BCUT2D eigenvalue weighted by Gasteiger charge is 2.78. The SMILES string of the molecule is COC(=O)[C@H](CS[C@]12C[C@H](c3ccccc3)[C@@]1(SC[C@H](NC(=O)OC(C)(C)C)C(=O)OC)C(=O)NC2=O)NC(=O)OC(C)C. The zero-order valence-corrected chi connectivity index (χ0v) is 27.3. The van der Waals surface area contributed by atoms with Crippen LogP contribution in [0, 0.1) is 0 Å². The van der Waals surface area contributed by atoms with Crippen molar-refractivity contribution in [1.82, 2.24) is 16.0 Å². The number of methoxy groups -OCH3 is 2. The van der Waals surface area contributed by atoms with Crippen LogP contribution in [0.15, 0.2) is 30.3 Å². The van der Waals surface area contributed by atoms with Gasteiger partial charge in [0.1, 0.15) is 27.2 Å². The molecule has 1 aliphatic heterocycles. The number of carbonyl (C=O) groups is 6. The zero-order valence-electron chi connectivity index (χ0n) is 25.7. The summed E-state index contributed by atoms with van der Waals surface area (Å²) in [7, 11) is 2.33. The Balaban J connectivity index is 1.96. The molecular weight excluding hydrogens is 614 g/mol. The highest BCUT2D eigenvalue weighted by atomic mass is 32.2. The number of benzene rings is 1. The molecule has 3 rings (SSSR count). The topological polar surface area (TPSA) is 175 Å². The lowest BCUT2D eigenvalue weighted by Crippen LogP contribution is -2.67. The minimum Gasteiger partial charge on any atom is -0.467 e. The summed E-state index contributed by atoms with van der Waals surface area (Å²) in [6.07, 6.45) is -1.92. The van der Waals surface area contributed by atoms with Crippen LogP contribution >= 0.6 is 23.5 Å². The lowest BCUT2D eigenvalue weighted by Gasteiger charge is -2.56. The van der Waals surface area contributed by atoms with Crippen LogP contribution < -0.4 is 16.0 Å². The van der Waals surface area contributed by atoms with Crippen LogP contribution in [0.2, 0.25) is 0 Å². The fourth-order valence-corrected chi connectivity index (χ4v) is 8.69. The van der Waals surface area contributed by atoms with Crippen LogP contribution in [0.5, 0.6) is 0 Å². The molecule has 0 unspecified atom stereocenters. The molecule has 44 heavy (non-hydrogen) atoms. The molecule has 3 N–H and O–H groups in total. The van der Waals surface area contributed by atoms with Gasteiger partial charge in [-0.05, 0) is 46.6 Å². The number of carbonyl (C=O) groups excluding carboxylic acids is 6. The maximum atomic E-state index is 13.8. The Morgan fingerprint density at radius 1 is 0.909 bits per heavy atom. The summed E-state index contributed by atoms with van der Waals surface area (Å²) in [5.74, 6) is -3.39. The van der Waals surface area contributed by atoms with Crippen LogP contribution in [-0.2, 0) is 38.1 Å². The molecule has 242 valence electrons. The Morgan fingerprint density at radius 3 is 1.98 bits per heavy atom. The number of fused-ring (bicyclic) bond motifs is 1. The van der Waals surface area contributed by atoms with E-state index in [9.17, 15) is 28.8 Å². The van der Waals surface area contributed by atoms with Crippen LogP contribution in [0.1, 0.15) is 52.5 Å². The summed E-state index contributed by atoms with van der Waals surface area (Å²) in [6.45, 7) is 8.32. The van der Waals surface area contributed by atoms with E-state index in [-0.39, 0.29) is 17.9 Å². The summed E-state index contributed by atoms with van der Waals surface area (Å²) in [5, 5.41) is 7.43. The molecule has 13 nitrogen and oxygen atoms in total. The number of imide groups is 1. The molecule has 4 amide bonds. The number of rotatable bonds is 12. The van der Waals surface area contributed by atoms with Crippen molar-refractivity contribution in [1.29, 1.82) is 0 Å². The van der Waals surface area contributed by atoms with Gasteiger partial charge in [-0.1, -0.05) is 30.3 Å². The van der Waals surface area contributed by atoms with Gasteiger partial charge in [0.15, 0.2) is 0 Å². The monoisotopic (exact) mass is 653 g/mol. The van der Waals surface area contributed by atoms with Gasteiger partial charge in [-0.3, -0.25) is 14.9 Å². The van der Waals surface area contributed by atoms with Crippen molar-refractivity contribution < 1.29 is 47.7 Å². The summed E-state index contributed by atoms with van der Waals surface area (Å²) >= 11 is 2.08. The minimum atomic E-state index is -1.45. The van der Waals surface area contributed by atoms with E-state index in [4.69, 9.17) is 18.9 Å². The van der Waals surface area contributed by atoms with E-state index < -0.39 is 75.1 Å². The van der Waals surface area contributed by atoms with Crippen molar-refractivity contribution in [2.45, 2.75) is 80.2 Å². The van der Waals surface area contributed by atoms with Crippen LogP contribution in [-0.4, -0.2) is 94.9 Å². The largest absolute Gasteiger partial charge is 0.467 e. The molecule has 1 aromatic carbocycles. The van der Waals surface area contributed by atoms with Crippen molar-refractivity contribution in [2.24, 2.45) is 0 Å². The second kappa shape index (κ2) is 14.1. The van der Waals surface area contributed by atoms with E-state index in [2.05, 4.69) is 16.0 Å². The summed E-state index contributed by atoms with van der Waals surface area (Å²) in [6, 6.07) is 6.73. The van der Waals surface area contributed by atoms with Crippen molar-refractivity contribution in [3.63, 3.8) is 0 Å². The molecule has 2 aliphatic rings. The average Bonchev–Trinajstić information content (AvgIpc) is 3.08. The third-order valence-electron chi connectivity index (χ3n) is 6.99. The first kappa shape index (κ1) is 35.0. The second-order valence-corrected chi connectivity index (χ2v) is 14.1. The van der Waals surface area contributed by atoms with Gasteiger partial charge in [0.05, 0.1) is 20.3 Å². The fourth-order valence-electron chi connectivity index (χ4n) is 5.09. The third kappa shape index (κ3) is 7.42. The molecule has 1 heterocycles. The number of ether oxygens (including phenoxy) is 4. The normalized spacial score (nSPS) is 23.8. The first-order chi connectivity index (χ1) is 20.6. The summed E-state index contributed by atoms with van der Waals surface area (Å²) in [5.41, 5.74) is -0.0443. The van der Waals surface area contributed by atoms with Gasteiger partial charge in [-0.15, -0.1) is 23.5 Å². The minimum absolute atomic E-state index is 0.124. The molecule has 15 heteroatoms. The third-order valence-corrected chi connectivity index (χ3v) is 10.6. The number of hydrogen-bond acceptors (Lipinski definition) is 12. The number of nitrogens with one attached hydrogen (secondary N) is 3. The number of esters is 2. The molecule has 2 fully saturated rings. The molecule has 0 bridgehead atoms. The quantitative estimate of drug-likeness (QED) is 0.171. The molecule has 5 atom stereocenters. The highest BCUT2D eigenvalue weighted by Crippen LogP contribution is 2.68. The van der Waals surface area contributed by atoms with E-state index in [1.165, 1.54) is 14.2 Å². The molecule has 1 saturated carbocycles. The van der Waals surface area contributed by atoms with Gasteiger partial charge in [-0.25, -0.2) is 19.2 Å². The number of hydrogen-bond donors (Lipinski definition) is 3. The molecule has 1 aliphatic carbocycles. The van der Waals surface area contributed by atoms with Crippen LogP contribution in [0.25, 0.3) is 0 Å². The van der Waals surface area contributed by atoms with E-state index in [1.807, 2.05) is 30.3 Å². The van der Waals surface area contributed by atoms with Crippen molar-refractivity contribution in [3.05, 3.63) is 35.9 Å². The van der Waals surface area contributed by atoms with E-state index in [0.717, 1.165) is 29.1 Å². The molecule has 0 spiro atoms. The Morgan fingerprint density at radius 2 is 1.45 bits per heavy atom. The lowest BCUT2D eigenvalue weighted by molar-refractivity contribution is -0.143. The average molecular weight is 654 g/mol. The predicted octanol–water partition coefficient (Wildman–Crippen LogP) is 2.52. The van der Waals surface area contributed by atoms with E-state index in [0.29, 0.717) is 0 Å². The number of alkyl carbamates (subject to hydrolysis) is 2. The Labute approximate surface area is 264 Å². The van der Waals surface area contributed by atoms with Gasteiger partial charge >= 0.3 is 24.1 Å². The smallest absolute Gasteiger partial charge is 0.408 e. The first-order valence-electron chi connectivity index (χ1n) is 13.9. The maximum Gasteiger partial charge on any atom is 0.408 e. The van der Waals surface area contributed by atoms with Gasteiger partial charge in [0.25, 0.3) is 0 Å². The van der Waals surface area contributed by atoms with Gasteiger partial charge < -0.3 is 29.6 Å². The van der Waals surface area contributed by atoms with E-state index >= 15 is 0 Å².